The molecule has 1 heterocycles. The maximum Gasteiger partial charge on any atom is 0.269 e. The third kappa shape index (κ3) is 4.98. The smallest absolute Gasteiger partial charge is 0.269 e. The summed E-state index contributed by atoms with van der Waals surface area (Å²) in [5.74, 6) is -1.35. The molecule has 0 aliphatic carbocycles. The molecule has 2 amide bonds. The summed E-state index contributed by atoms with van der Waals surface area (Å²) in [6.45, 7) is 1.90. The summed E-state index contributed by atoms with van der Waals surface area (Å²) in [5.41, 5.74) is 2.51. The highest BCUT2D eigenvalue weighted by Crippen LogP contribution is 2.42. The van der Waals surface area contributed by atoms with Gasteiger partial charge in [-0.15, -0.1) is 0 Å². The first-order chi connectivity index (χ1) is 16.4. The van der Waals surface area contributed by atoms with Crippen LogP contribution in [0.15, 0.2) is 83.4 Å². The second-order valence-electron chi connectivity index (χ2n) is 7.66. The van der Waals surface area contributed by atoms with Crippen molar-refractivity contribution in [3.63, 3.8) is 0 Å². The number of carbonyl (C=O) groups is 2. The van der Waals surface area contributed by atoms with Crippen LogP contribution in [0.5, 0.6) is 0 Å². The number of nitriles is 1. The highest BCUT2D eigenvalue weighted by Gasteiger charge is 2.40. The fourth-order valence-corrected chi connectivity index (χ4v) is 5.01. The minimum atomic E-state index is -0.677. The van der Waals surface area contributed by atoms with Gasteiger partial charge in [0.2, 0.25) is 5.91 Å². The van der Waals surface area contributed by atoms with Gasteiger partial charge in [0.1, 0.15) is 22.5 Å². The Morgan fingerprint density at radius 2 is 1.85 bits per heavy atom. The molecule has 170 valence electrons. The summed E-state index contributed by atoms with van der Waals surface area (Å²) in [6, 6.07) is 21.7. The Morgan fingerprint density at radius 3 is 2.50 bits per heavy atom. The van der Waals surface area contributed by atoms with Crippen molar-refractivity contribution in [2.24, 2.45) is 0 Å². The van der Waals surface area contributed by atoms with Gasteiger partial charge in [-0.3, -0.25) is 14.5 Å². The lowest BCUT2D eigenvalue weighted by atomic mass is 10.1. The number of aryl methyl sites for hydroxylation is 1. The van der Waals surface area contributed by atoms with Gasteiger partial charge in [0.15, 0.2) is 0 Å². The third-order valence-corrected chi connectivity index (χ3v) is 6.95. The molecule has 0 saturated carbocycles. The van der Waals surface area contributed by atoms with Crippen LogP contribution in [0, 0.1) is 24.1 Å². The van der Waals surface area contributed by atoms with Crippen molar-refractivity contribution < 1.29 is 14.0 Å². The van der Waals surface area contributed by atoms with E-state index in [2.05, 4.69) is 5.32 Å². The lowest BCUT2D eigenvalue weighted by Gasteiger charge is -2.18. The minimum Gasteiger partial charge on any atom is -0.321 e. The maximum absolute atomic E-state index is 13.5. The fraction of sp³-hybridized carbons (Fsp3) is 0.115. The summed E-state index contributed by atoms with van der Waals surface area (Å²) in [5, 5.41) is 12.8. The van der Waals surface area contributed by atoms with Crippen molar-refractivity contribution in [1.29, 1.82) is 5.26 Å². The molecule has 4 rings (SSSR count). The molecule has 1 fully saturated rings. The van der Waals surface area contributed by atoms with Crippen LogP contribution in [-0.2, 0) is 16.0 Å². The van der Waals surface area contributed by atoms with Crippen molar-refractivity contribution in [3.8, 4) is 6.07 Å². The van der Waals surface area contributed by atoms with Gasteiger partial charge in [-0.25, -0.2) is 4.39 Å². The van der Waals surface area contributed by atoms with E-state index in [-0.39, 0.29) is 16.5 Å². The number of benzene rings is 3. The molecule has 34 heavy (non-hydrogen) atoms. The number of hydrogen-bond acceptors (Lipinski definition) is 4. The van der Waals surface area contributed by atoms with E-state index >= 15 is 0 Å². The average molecular weight is 492 g/mol. The van der Waals surface area contributed by atoms with E-state index in [9.17, 15) is 19.2 Å². The Hall–Kier alpha value is -3.60. The predicted molar refractivity (Wildman–Crippen MR) is 133 cm³/mol. The van der Waals surface area contributed by atoms with Crippen LogP contribution < -0.4 is 10.2 Å². The molecular weight excluding hydrogens is 473 g/mol. The van der Waals surface area contributed by atoms with Gasteiger partial charge in [0.25, 0.3) is 5.91 Å². The maximum atomic E-state index is 13.5. The molecule has 0 radical (unpaired) electrons. The van der Waals surface area contributed by atoms with Crippen molar-refractivity contribution in [2.75, 3.05) is 10.2 Å². The van der Waals surface area contributed by atoms with E-state index in [1.165, 1.54) is 40.9 Å². The number of nitrogens with zero attached hydrogens (tertiary/aromatic N) is 2. The topological polar surface area (TPSA) is 73.2 Å². The van der Waals surface area contributed by atoms with Crippen LogP contribution in [-0.4, -0.2) is 17.1 Å². The van der Waals surface area contributed by atoms with E-state index in [1.807, 2.05) is 37.3 Å². The molecule has 0 bridgehead atoms. The van der Waals surface area contributed by atoms with Gasteiger partial charge >= 0.3 is 0 Å². The summed E-state index contributed by atoms with van der Waals surface area (Å²) >= 11 is 7.43. The van der Waals surface area contributed by atoms with Gasteiger partial charge < -0.3 is 5.32 Å². The number of nitrogens with one attached hydrogen (secondary N) is 1. The van der Waals surface area contributed by atoms with Gasteiger partial charge in [0, 0.05) is 16.4 Å². The average Bonchev–Trinajstić information content (AvgIpc) is 3.14. The largest absolute Gasteiger partial charge is 0.321 e. The molecule has 8 heteroatoms. The van der Waals surface area contributed by atoms with Crippen LogP contribution in [0.2, 0.25) is 5.02 Å². The highest BCUT2D eigenvalue weighted by molar-refractivity contribution is 8.05. The molecule has 1 atom stereocenters. The SMILES string of the molecule is Cc1ccc(C[C@H]2S/C(=C(/C#N)C(=O)Nc3ccc(F)cc3)N(c3ccccc3)C2=O)cc1Cl. The molecule has 5 nitrogen and oxygen atoms in total. The zero-order valence-corrected chi connectivity index (χ0v) is 19.7. The lowest BCUT2D eigenvalue weighted by Crippen LogP contribution is -2.30. The van der Waals surface area contributed by atoms with Crippen molar-refractivity contribution in [3.05, 3.63) is 105 Å². The number of thioether (sulfide) groups is 1. The molecule has 1 aliphatic heterocycles. The van der Waals surface area contributed by atoms with E-state index in [0.29, 0.717) is 22.8 Å². The molecule has 0 aromatic heterocycles. The molecular formula is C26H19ClFN3O2S. The lowest BCUT2D eigenvalue weighted by molar-refractivity contribution is -0.117. The summed E-state index contributed by atoms with van der Waals surface area (Å²) in [7, 11) is 0. The first-order valence-electron chi connectivity index (χ1n) is 10.4. The normalized spacial score (nSPS) is 16.8. The van der Waals surface area contributed by atoms with Crippen molar-refractivity contribution in [2.45, 2.75) is 18.6 Å². The number of hydrogen-bond donors (Lipinski definition) is 1. The molecule has 0 unspecified atom stereocenters. The summed E-state index contributed by atoms with van der Waals surface area (Å²) in [4.78, 5) is 27.9. The number of carbonyl (C=O) groups excluding carboxylic acids is 2. The van der Waals surface area contributed by atoms with Gasteiger partial charge in [-0.05, 0) is 66.9 Å². The summed E-state index contributed by atoms with van der Waals surface area (Å²) < 4.78 is 13.2. The standard InChI is InChI=1S/C26H19ClFN3O2S/c1-16-7-8-17(13-22(16)27)14-23-25(33)31(20-5-3-2-4-6-20)26(34-23)21(15-29)24(32)30-19-11-9-18(28)10-12-19/h2-13,23H,14H2,1H3,(H,30,32)/b26-21-/t23-/m1/s1. The number of anilines is 2. The van der Waals surface area contributed by atoms with Gasteiger partial charge in [0.05, 0.1) is 5.25 Å². The first-order valence-corrected chi connectivity index (χ1v) is 11.6. The van der Waals surface area contributed by atoms with Crippen LogP contribution in [0.4, 0.5) is 15.8 Å². The van der Waals surface area contributed by atoms with E-state index in [4.69, 9.17) is 11.6 Å². The Balaban J connectivity index is 1.70. The van der Waals surface area contributed by atoms with Crippen molar-refractivity contribution in [1.82, 2.24) is 0 Å². The number of halogens is 2. The van der Waals surface area contributed by atoms with Gasteiger partial charge in [-0.1, -0.05) is 53.7 Å². The zero-order valence-electron chi connectivity index (χ0n) is 18.1. The van der Waals surface area contributed by atoms with Crippen molar-refractivity contribution >= 4 is 46.6 Å². The Bertz CT molecular complexity index is 1320. The van der Waals surface area contributed by atoms with Crippen LogP contribution >= 0.6 is 23.4 Å². The molecule has 3 aromatic rings. The Kier molecular flexibility index (Phi) is 7.01. The number of para-hydroxylation sites is 1. The van der Waals surface area contributed by atoms with Crippen LogP contribution in [0.1, 0.15) is 11.1 Å². The molecule has 0 spiro atoms. The Morgan fingerprint density at radius 1 is 1.15 bits per heavy atom. The number of rotatable bonds is 5. The third-order valence-electron chi connectivity index (χ3n) is 5.28. The molecule has 3 aromatic carbocycles. The fourth-order valence-electron chi connectivity index (χ4n) is 3.50. The monoisotopic (exact) mass is 491 g/mol. The second-order valence-corrected chi connectivity index (χ2v) is 9.25. The van der Waals surface area contributed by atoms with Crippen LogP contribution in [0.25, 0.3) is 0 Å². The summed E-state index contributed by atoms with van der Waals surface area (Å²) in [6.07, 6.45) is 0.384. The second kappa shape index (κ2) is 10.1. The predicted octanol–water partition coefficient (Wildman–Crippen LogP) is 5.85. The van der Waals surface area contributed by atoms with Gasteiger partial charge in [-0.2, -0.15) is 5.26 Å². The van der Waals surface area contributed by atoms with E-state index in [1.54, 1.807) is 24.3 Å². The first kappa shape index (κ1) is 23.6. The quantitative estimate of drug-likeness (QED) is 0.359. The van der Waals surface area contributed by atoms with E-state index < -0.39 is 17.0 Å². The van der Waals surface area contributed by atoms with E-state index in [0.717, 1.165) is 11.1 Å². The van der Waals surface area contributed by atoms with Crippen LogP contribution in [0.3, 0.4) is 0 Å². The molecule has 1 saturated heterocycles. The molecule has 1 N–H and O–H groups in total. The Labute approximate surface area is 205 Å². The zero-order chi connectivity index (χ0) is 24.2. The highest BCUT2D eigenvalue weighted by atomic mass is 35.5. The number of amides is 2. The molecule has 1 aliphatic rings. The minimum absolute atomic E-state index is 0.198.